The standard InChI is InChI=1S/C24H24N2O4S.C2H6/c1-13(2)18-7-5-4-6-15(18)10-16-11-19(22(27)23(28)21(16)26-30)24(29)25-20-12-17(31)9-8-14(20)3;1-2/h4-9,11-13,27-28,31H,10H2,1-3H3,(H,25,29);1-2H3. The first-order valence-corrected chi connectivity index (χ1v) is 11.3. The summed E-state index contributed by atoms with van der Waals surface area (Å²) in [6, 6.07) is 14.4. The van der Waals surface area contributed by atoms with Crippen LogP contribution in [0.4, 0.5) is 11.4 Å². The molecular formula is C26H30N2O4S. The molecule has 0 aromatic heterocycles. The molecule has 0 heterocycles. The highest BCUT2D eigenvalue weighted by atomic mass is 32.1. The molecule has 3 N–H and O–H groups in total. The maximum absolute atomic E-state index is 12.9. The second kappa shape index (κ2) is 11.5. The smallest absolute Gasteiger partial charge is 0.259 e. The van der Waals surface area contributed by atoms with Crippen molar-refractivity contribution in [2.45, 2.75) is 51.9 Å². The van der Waals surface area contributed by atoms with Gasteiger partial charge in [-0.05, 0) is 58.5 Å². The van der Waals surface area contributed by atoms with Gasteiger partial charge in [0, 0.05) is 17.0 Å². The van der Waals surface area contributed by atoms with Crippen LogP contribution in [0.25, 0.3) is 0 Å². The lowest BCUT2D eigenvalue weighted by Gasteiger charge is -2.16. The molecular weight excluding hydrogens is 436 g/mol. The molecule has 3 aromatic rings. The van der Waals surface area contributed by atoms with Gasteiger partial charge in [-0.2, -0.15) is 0 Å². The number of phenolic OH excluding ortho intramolecular Hbond substituents is 2. The number of hydrogen-bond acceptors (Lipinski definition) is 6. The Balaban J connectivity index is 0.00000187. The largest absolute Gasteiger partial charge is 0.504 e. The second-order valence-corrected chi connectivity index (χ2v) is 8.22. The molecule has 0 bridgehead atoms. The molecule has 0 aliphatic carbocycles. The predicted octanol–water partition coefficient (Wildman–Crippen LogP) is 7.09. The fourth-order valence-corrected chi connectivity index (χ4v) is 3.71. The van der Waals surface area contributed by atoms with Crippen molar-refractivity contribution >= 4 is 29.9 Å². The number of carbonyl (C=O) groups is 1. The van der Waals surface area contributed by atoms with Crippen LogP contribution < -0.4 is 5.32 Å². The van der Waals surface area contributed by atoms with Gasteiger partial charge in [-0.25, -0.2) is 0 Å². The first-order chi connectivity index (χ1) is 15.7. The van der Waals surface area contributed by atoms with Crippen molar-refractivity contribution in [2.24, 2.45) is 5.18 Å². The van der Waals surface area contributed by atoms with E-state index in [4.69, 9.17) is 0 Å². The zero-order valence-corrected chi connectivity index (χ0v) is 20.4. The second-order valence-electron chi connectivity index (χ2n) is 7.70. The van der Waals surface area contributed by atoms with E-state index in [0.29, 0.717) is 16.1 Å². The van der Waals surface area contributed by atoms with Gasteiger partial charge in [-0.15, -0.1) is 17.5 Å². The Morgan fingerprint density at radius 2 is 1.70 bits per heavy atom. The number of aryl methyl sites for hydroxylation is 1. The molecule has 0 saturated heterocycles. The van der Waals surface area contributed by atoms with Gasteiger partial charge in [0.2, 0.25) is 0 Å². The molecule has 0 atom stereocenters. The average molecular weight is 467 g/mol. The van der Waals surface area contributed by atoms with Crippen molar-refractivity contribution < 1.29 is 15.0 Å². The van der Waals surface area contributed by atoms with Gasteiger partial charge in [-0.3, -0.25) is 4.79 Å². The van der Waals surface area contributed by atoms with Crippen LogP contribution in [0, 0.1) is 11.8 Å². The summed E-state index contributed by atoms with van der Waals surface area (Å²) < 4.78 is 0. The number of nitrogens with zero attached hydrogens (tertiary/aromatic N) is 1. The van der Waals surface area contributed by atoms with Crippen LogP contribution in [0.5, 0.6) is 11.5 Å². The number of phenols is 2. The van der Waals surface area contributed by atoms with Crippen molar-refractivity contribution in [3.63, 3.8) is 0 Å². The third-order valence-corrected chi connectivity index (χ3v) is 5.47. The summed E-state index contributed by atoms with van der Waals surface area (Å²) in [6.07, 6.45) is 0.273. The maximum atomic E-state index is 12.9. The molecule has 6 nitrogen and oxygen atoms in total. The van der Waals surface area contributed by atoms with Crippen LogP contribution in [0.2, 0.25) is 0 Å². The summed E-state index contributed by atoms with van der Waals surface area (Å²) >= 11 is 4.28. The van der Waals surface area contributed by atoms with Gasteiger partial charge in [0.05, 0.1) is 5.56 Å². The first-order valence-electron chi connectivity index (χ1n) is 10.8. The monoisotopic (exact) mass is 466 g/mol. The minimum Gasteiger partial charge on any atom is -0.504 e. The number of nitroso groups, excluding NO2 is 1. The maximum Gasteiger partial charge on any atom is 0.259 e. The zero-order chi connectivity index (χ0) is 24.7. The number of aromatic hydroxyl groups is 2. The summed E-state index contributed by atoms with van der Waals surface area (Å²) in [5.41, 5.74) is 3.29. The van der Waals surface area contributed by atoms with E-state index in [1.54, 1.807) is 12.1 Å². The molecule has 1 amide bonds. The summed E-state index contributed by atoms with van der Waals surface area (Å²) in [5, 5.41) is 26.4. The minimum absolute atomic E-state index is 0.147. The van der Waals surface area contributed by atoms with Crippen LogP contribution in [-0.2, 0) is 6.42 Å². The highest BCUT2D eigenvalue weighted by molar-refractivity contribution is 7.80. The van der Waals surface area contributed by atoms with Gasteiger partial charge in [0.15, 0.2) is 17.2 Å². The lowest BCUT2D eigenvalue weighted by Crippen LogP contribution is -2.14. The van der Waals surface area contributed by atoms with E-state index in [9.17, 15) is 19.9 Å². The quantitative estimate of drug-likeness (QED) is 0.177. The Kier molecular flexibility index (Phi) is 9.05. The minimum atomic E-state index is -0.709. The number of rotatable bonds is 6. The summed E-state index contributed by atoms with van der Waals surface area (Å²) in [5.74, 6) is -1.77. The van der Waals surface area contributed by atoms with E-state index in [0.717, 1.165) is 16.7 Å². The number of nitrogens with one attached hydrogen (secondary N) is 1. The highest BCUT2D eigenvalue weighted by Crippen LogP contribution is 2.42. The molecule has 174 valence electrons. The average Bonchev–Trinajstić information content (AvgIpc) is 2.80. The van der Waals surface area contributed by atoms with Gasteiger partial charge < -0.3 is 15.5 Å². The Bertz CT molecular complexity index is 1160. The molecule has 33 heavy (non-hydrogen) atoms. The van der Waals surface area contributed by atoms with Crippen molar-refractivity contribution in [1.29, 1.82) is 0 Å². The summed E-state index contributed by atoms with van der Waals surface area (Å²) in [4.78, 5) is 25.0. The Morgan fingerprint density at radius 3 is 2.33 bits per heavy atom. The topological polar surface area (TPSA) is 99.0 Å². The van der Waals surface area contributed by atoms with E-state index in [2.05, 4.69) is 37.0 Å². The van der Waals surface area contributed by atoms with Crippen LogP contribution in [0.1, 0.15) is 66.2 Å². The van der Waals surface area contributed by atoms with Crippen molar-refractivity contribution in [1.82, 2.24) is 0 Å². The van der Waals surface area contributed by atoms with E-state index >= 15 is 0 Å². The first kappa shape index (κ1) is 25.9. The van der Waals surface area contributed by atoms with Crippen LogP contribution in [0.3, 0.4) is 0 Å². The highest BCUT2D eigenvalue weighted by Gasteiger charge is 2.23. The molecule has 3 rings (SSSR count). The lowest BCUT2D eigenvalue weighted by atomic mass is 9.91. The molecule has 0 aliphatic rings. The molecule has 7 heteroatoms. The predicted molar refractivity (Wildman–Crippen MR) is 136 cm³/mol. The van der Waals surface area contributed by atoms with Crippen molar-refractivity contribution in [3.05, 3.63) is 81.3 Å². The van der Waals surface area contributed by atoms with E-state index < -0.39 is 17.4 Å². The molecule has 0 aliphatic heterocycles. The molecule has 0 radical (unpaired) electrons. The fourth-order valence-electron chi connectivity index (χ4n) is 3.51. The number of hydrogen-bond donors (Lipinski definition) is 4. The SMILES string of the molecule is CC.Cc1ccc(S)cc1NC(=O)c1cc(Cc2ccccc2C(C)C)c(N=O)c(O)c1O. The normalized spacial score (nSPS) is 10.4. The van der Waals surface area contributed by atoms with Crippen molar-refractivity contribution in [3.8, 4) is 11.5 Å². The molecule has 0 spiro atoms. The summed E-state index contributed by atoms with van der Waals surface area (Å²) in [6.45, 7) is 9.94. The van der Waals surface area contributed by atoms with Gasteiger partial charge in [-0.1, -0.05) is 58.0 Å². The zero-order valence-electron chi connectivity index (χ0n) is 19.5. The fraction of sp³-hybridized carbons (Fsp3) is 0.269. The number of anilines is 1. The third kappa shape index (κ3) is 5.93. The number of thiol groups is 1. The Hall–Kier alpha value is -3.32. The van der Waals surface area contributed by atoms with E-state index in [-0.39, 0.29) is 23.6 Å². The third-order valence-electron chi connectivity index (χ3n) is 5.19. The molecule has 0 fully saturated rings. The number of carbonyl (C=O) groups excluding carboxylic acids is 1. The number of amides is 1. The Labute approximate surface area is 200 Å². The summed E-state index contributed by atoms with van der Waals surface area (Å²) in [7, 11) is 0. The Morgan fingerprint density at radius 1 is 1.03 bits per heavy atom. The van der Waals surface area contributed by atoms with Crippen LogP contribution in [0.15, 0.2) is 58.6 Å². The van der Waals surface area contributed by atoms with Crippen LogP contribution >= 0.6 is 12.6 Å². The molecule has 0 unspecified atom stereocenters. The molecule has 3 aromatic carbocycles. The van der Waals surface area contributed by atoms with Gasteiger partial charge >= 0.3 is 0 Å². The molecule has 0 saturated carbocycles. The van der Waals surface area contributed by atoms with E-state index in [1.165, 1.54) is 6.07 Å². The van der Waals surface area contributed by atoms with Crippen molar-refractivity contribution in [2.75, 3.05) is 5.32 Å². The van der Waals surface area contributed by atoms with Gasteiger partial charge in [0.1, 0.15) is 0 Å². The number of benzene rings is 3. The van der Waals surface area contributed by atoms with Crippen LogP contribution in [-0.4, -0.2) is 16.1 Å². The van der Waals surface area contributed by atoms with E-state index in [1.807, 2.05) is 51.1 Å². The lowest BCUT2D eigenvalue weighted by molar-refractivity contribution is 0.102. The van der Waals surface area contributed by atoms with Gasteiger partial charge in [0.25, 0.3) is 5.91 Å².